The van der Waals surface area contributed by atoms with E-state index in [4.69, 9.17) is 5.10 Å². The minimum Gasteiger partial charge on any atom is -0.362 e. The lowest BCUT2D eigenvalue weighted by Crippen LogP contribution is -2.46. The van der Waals surface area contributed by atoms with E-state index in [2.05, 4.69) is 23.0 Å². The van der Waals surface area contributed by atoms with Gasteiger partial charge in [0.2, 0.25) is 5.91 Å². The molecule has 3 aliphatic heterocycles. The second kappa shape index (κ2) is 8.48. The van der Waals surface area contributed by atoms with E-state index in [-0.39, 0.29) is 48.7 Å². The number of likely N-dealkylation sites (tertiary alicyclic amines) is 1. The molecule has 3 aliphatic rings. The number of nitrogens with zero attached hydrogens (tertiary/aromatic N) is 8. The SMILES string of the molecule is C[C@@H]1CN(c2ccc(C#N)n3ncc(F)c23)Cc2c3c(nn21)CN(CC(=O)N1CCC(F)(F)C1)[C@@H](C)C3. The van der Waals surface area contributed by atoms with Crippen LogP contribution in [0.15, 0.2) is 18.3 Å². The number of hydrogen-bond donors (Lipinski definition) is 0. The van der Waals surface area contributed by atoms with Crippen LogP contribution in [0.3, 0.4) is 0 Å². The second-order valence-electron chi connectivity index (χ2n) is 10.4. The van der Waals surface area contributed by atoms with Crippen molar-refractivity contribution in [1.29, 1.82) is 5.26 Å². The van der Waals surface area contributed by atoms with E-state index in [1.165, 1.54) is 9.42 Å². The lowest BCUT2D eigenvalue weighted by molar-refractivity contribution is -0.133. The molecule has 37 heavy (non-hydrogen) atoms. The minimum absolute atomic E-state index is 0.00763. The molecule has 3 aromatic heterocycles. The molecule has 0 aromatic carbocycles. The molecule has 0 saturated carbocycles. The average Bonchev–Trinajstić information content (AvgIpc) is 3.54. The van der Waals surface area contributed by atoms with Gasteiger partial charge in [0, 0.05) is 37.7 Å². The maximum Gasteiger partial charge on any atom is 0.267 e. The van der Waals surface area contributed by atoms with Gasteiger partial charge in [0.1, 0.15) is 17.3 Å². The zero-order valence-corrected chi connectivity index (χ0v) is 20.7. The van der Waals surface area contributed by atoms with E-state index in [1.54, 1.807) is 12.1 Å². The lowest BCUT2D eigenvalue weighted by atomic mass is 9.97. The van der Waals surface area contributed by atoms with Crippen molar-refractivity contribution >= 4 is 17.1 Å². The maximum absolute atomic E-state index is 14.7. The molecular weight excluding hydrogens is 485 g/mol. The first-order valence-electron chi connectivity index (χ1n) is 12.5. The number of nitriles is 1. The quantitative estimate of drug-likeness (QED) is 0.537. The summed E-state index contributed by atoms with van der Waals surface area (Å²) in [6, 6.07) is 5.51. The lowest BCUT2D eigenvalue weighted by Gasteiger charge is -2.36. The second-order valence-corrected chi connectivity index (χ2v) is 10.4. The zero-order chi connectivity index (χ0) is 26.1. The van der Waals surface area contributed by atoms with Crippen LogP contribution >= 0.6 is 0 Å². The van der Waals surface area contributed by atoms with Gasteiger partial charge >= 0.3 is 0 Å². The first-order chi connectivity index (χ1) is 17.6. The molecule has 0 unspecified atom stereocenters. The fraction of sp³-hybridized carbons (Fsp3) is 0.520. The number of fused-ring (bicyclic) bond motifs is 4. The normalized spacial score (nSPS) is 23.2. The molecule has 0 N–H and O–H groups in total. The number of pyridine rings is 1. The van der Waals surface area contributed by atoms with Gasteiger partial charge in [0.15, 0.2) is 5.82 Å². The van der Waals surface area contributed by atoms with Gasteiger partial charge in [-0.1, -0.05) is 0 Å². The molecule has 0 aliphatic carbocycles. The zero-order valence-electron chi connectivity index (χ0n) is 20.7. The fourth-order valence-electron chi connectivity index (χ4n) is 5.87. The number of rotatable bonds is 3. The van der Waals surface area contributed by atoms with Crippen LogP contribution < -0.4 is 4.90 Å². The number of alkyl halides is 2. The van der Waals surface area contributed by atoms with Gasteiger partial charge in [-0.15, -0.1) is 0 Å². The molecule has 1 amide bonds. The number of hydrogen-bond acceptors (Lipinski definition) is 6. The molecule has 9 nitrogen and oxygen atoms in total. The van der Waals surface area contributed by atoms with Gasteiger partial charge in [0.25, 0.3) is 5.92 Å². The Labute approximate surface area is 211 Å². The summed E-state index contributed by atoms with van der Waals surface area (Å²) in [6.45, 7) is 5.35. The largest absolute Gasteiger partial charge is 0.362 e. The summed E-state index contributed by atoms with van der Waals surface area (Å²) >= 11 is 0. The third-order valence-corrected chi connectivity index (χ3v) is 7.83. The number of aromatic nitrogens is 4. The van der Waals surface area contributed by atoms with E-state index >= 15 is 0 Å². The topological polar surface area (TPSA) is 85.7 Å². The molecule has 2 atom stereocenters. The van der Waals surface area contributed by atoms with Crippen LogP contribution in [0.1, 0.15) is 49.0 Å². The van der Waals surface area contributed by atoms with Crippen molar-refractivity contribution in [3.05, 3.63) is 46.8 Å². The Morgan fingerprint density at radius 2 is 2.05 bits per heavy atom. The minimum atomic E-state index is -2.80. The van der Waals surface area contributed by atoms with Crippen LogP contribution in [0.25, 0.3) is 5.52 Å². The van der Waals surface area contributed by atoms with E-state index in [0.717, 1.165) is 23.1 Å². The Morgan fingerprint density at radius 3 is 2.78 bits per heavy atom. The number of amides is 1. The van der Waals surface area contributed by atoms with E-state index < -0.39 is 18.3 Å². The van der Waals surface area contributed by atoms with E-state index in [9.17, 15) is 23.2 Å². The van der Waals surface area contributed by atoms with Gasteiger partial charge in [-0.25, -0.2) is 17.7 Å². The highest BCUT2D eigenvalue weighted by molar-refractivity contribution is 5.79. The van der Waals surface area contributed by atoms with Crippen molar-refractivity contribution in [2.24, 2.45) is 0 Å². The first kappa shape index (κ1) is 23.8. The molecule has 1 fully saturated rings. The third-order valence-electron chi connectivity index (χ3n) is 7.83. The summed E-state index contributed by atoms with van der Waals surface area (Å²) in [5, 5.41) is 18.3. The highest BCUT2D eigenvalue weighted by Crippen LogP contribution is 2.36. The Hall–Kier alpha value is -3.59. The fourth-order valence-corrected chi connectivity index (χ4v) is 5.87. The highest BCUT2D eigenvalue weighted by atomic mass is 19.3. The van der Waals surface area contributed by atoms with Crippen molar-refractivity contribution in [2.45, 2.75) is 57.8 Å². The standard InChI is InChI=1S/C25H27F3N8O/c1-15-7-18-20(11-33(15)13-23(37)32-6-5-25(27,28)14-32)31-35-16(2)10-34(12-22(18)35)21-4-3-17(8-29)36-24(21)19(26)9-30-36/h3-4,9,15-16H,5-7,10-14H2,1-2H3/t15-,16+/m0/s1. The first-order valence-corrected chi connectivity index (χ1v) is 12.5. The van der Waals surface area contributed by atoms with Gasteiger partial charge < -0.3 is 9.80 Å². The van der Waals surface area contributed by atoms with Crippen LogP contribution in [0.2, 0.25) is 0 Å². The molecule has 1 saturated heterocycles. The van der Waals surface area contributed by atoms with Crippen LogP contribution in [-0.2, 0) is 24.3 Å². The third kappa shape index (κ3) is 3.92. The Bertz CT molecular complexity index is 1440. The number of anilines is 1. The van der Waals surface area contributed by atoms with E-state index in [1.807, 2.05) is 16.5 Å². The molecule has 0 radical (unpaired) electrons. The van der Waals surface area contributed by atoms with Gasteiger partial charge in [-0.05, 0) is 32.4 Å². The Kier molecular flexibility index (Phi) is 5.45. The van der Waals surface area contributed by atoms with Crippen molar-refractivity contribution in [3.8, 4) is 6.07 Å². The van der Waals surface area contributed by atoms with Gasteiger partial charge in [-0.3, -0.25) is 14.4 Å². The molecular formula is C25H27F3N8O. The van der Waals surface area contributed by atoms with Crippen LogP contribution in [0, 0.1) is 17.1 Å². The predicted octanol–water partition coefficient (Wildman–Crippen LogP) is 2.74. The molecule has 3 aromatic rings. The predicted molar refractivity (Wildman–Crippen MR) is 128 cm³/mol. The highest BCUT2D eigenvalue weighted by Gasteiger charge is 2.41. The van der Waals surface area contributed by atoms with E-state index in [0.29, 0.717) is 31.7 Å². The molecule has 0 spiro atoms. The molecule has 0 bridgehead atoms. The Morgan fingerprint density at radius 1 is 1.24 bits per heavy atom. The molecule has 12 heteroatoms. The van der Waals surface area contributed by atoms with Crippen molar-refractivity contribution in [3.63, 3.8) is 0 Å². The van der Waals surface area contributed by atoms with Crippen LogP contribution in [0.5, 0.6) is 0 Å². The maximum atomic E-state index is 14.7. The van der Waals surface area contributed by atoms with Crippen molar-refractivity contribution in [2.75, 3.05) is 31.1 Å². The van der Waals surface area contributed by atoms with Crippen molar-refractivity contribution < 1.29 is 18.0 Å². The molecule has 6 rings (SSSR count). The van der Waals surface area contributed by atoms with Crippen LogP contribution in [0.4, 0.5) is 18.9 Å². The monoisotopic (exact) mass is 512 g/mol. The smallest absolute Gasteiger partial charge is 0.267 e. The number of halogens is 3. The van der Waals surface area contributed by atoms with Crippen molar-refractivity contribution in [1.82, 2.24) is 29.2 Å². The molecule has 194 valence electrons. The molecule has 6 heterocycles. The summed E-state index contributed by atoms with van der Waals surface area (Å²) < 4.78 is 45.3. The summed E-state index contributed by atoms with van der Waals surface area (Å²) in [7, 11) is 0. The van der Waals surface area contributed by atoms with Gasteiger partial charge in [0.05, 0.1) is 48.9 Å². The summed E-state index contributed by atoms with van der Waals surface area (Å²) in [4.78, 5) is 18.1. The Balaban J connectivity index is 1.26. The average molecular weight is 513 g/mol. The number of carbonyl (C=O) groups excluding carboxylic acids is 1. The number of carbonyl (C=O) groups is 1. The van der Waals surface area contributed by atoms with Crippen LogP contribution in [-0.4, -0.2) is 73.2 Å². The van der Waals surface area contributed by atoms with Gasteiger partial charge in [-0.2, -0.15) is 15.5 Å². The summed E-state index contributed by atoms with van der Waals surface area (Å²) in [5.74, 6) is -3.56. The summed E-state index contributed by atoms with van der Waals surface area (Å²) in [5.41, 5.74) is 4.27. The summed E-state index contributed by atoms with van der Waals surface area (Å²) in [6.07, 6.45) is 1.52.